The fourth-order valence-corrected chi connectivity index (χ4v) is 1.49. The number of hydrogen-bond donors (Lipinski definition) is 0. The Bertz CT molecular complexity index is 375. The van der Waals surface area contributed by atoms with E-state index in [0.717, 1.165) is 5.56 Å². The lowest BCUT2D eigenvalue weighted by Gasteiger charge is -2.11. The summed E-state index contributed by atoms with van der Waals surface area (Å²) in [5.74, 6) is 0.346. The van der Waals surface area contributed by atoms with Crippen LogP contribution in [0.3, 0.4) is 0 Å². The molecule has 0 fully saturated rings. The average molecular weight is 243 g/mol. The number of carbonyl (C=O) groups excluding carboxylic acids is 1. The molecule has 0 saturated carbocycles. The zero-order valence-corrected chi connectivity index (χ0v) is 10.4. The molecule has 0 amide bonds. The topological polar surface area (TPSA) is 35.5 Å². The Hall–Kier alpha value is -1.22. The quantitative estimate of drug-likeness (QED) is 0.762. The highest BCUT2D eigenvalue weighted by atomic mass is 35.5. The van der Waals surface area contributed by atoms with Crippen LogP contribution in [-0.4, -0.2) is 19.2 Å². The number of benzene rings is 1. The van der Waals surface area contributed by atoms with Gasteiger partial charge in [-0.05, 0) is 31.5 Å². The number of esters is 1. The molecule has 88 valence electrons. The first-order chi connectivity index (χ1) is 7.52. The second kappa shape index (κ2) is 5.75. The molecule has 0 bridgehead atoms. The molecule has 1 rings (SSSR count). The van der Waals surface area contributed by atoms with Gasteiger partial charge in [-0.3, -0.25) is 4.79 Å². The Morgan fingerprint density at radius 1 is 1.44 bits per heavy atom. The molecular weight excluding hydrogens is 228 g/mol. The van der Waals surface area contributed by atoms with Gasteiger partial charge in [0.1, 0.15) is 5.75 Å². The fraction of sp³-hybridized carbons (Fsp3) is 0.417. The monoisotopic (exact) mass is 242 g/mol. The van der Waals surface area contributed by atoms with Crippen molar-refractivity contribution in [2.75, 3.05) is 7.11 Å². The maximum absolute atomic E-state index is 11.1. The Balaban J connectivity index is 2.78. The molecule has 3 nitrogen and oxygen atoms in total. The van der Waals surface area contributed by atoms with E-state index in [4.69, 9.17) is 16.3 Å². The number of rotatable bonds is 4. The SMILES string of the molecule is COC(=O)Cc1ccc(OC(C)C)c(Cl)c1. The van der Waals surface area contributed by atoms with Crippen LogP contribution in [0.25, 0.3) is 0 Å². The van der Waals surface area contributed by atoms with Gasteiger partial charge in [-0.2, -0.15) is 0 Å². The molecule has 0 aliphatic heterocycles. The van der Waals surface area contributed by atoms with Gasteiger partial charge >= 0.3 is 5.97 Å². The largest absolute Gasteiger partial charge is 0.489 e. The fourth-order valence-electron chi connectivity index (χ4n) is 1.24. The van der Waals surface area contributed by atoms with Gasteiger partial charge < -0.3 is 9.47 Å². The van der Waals surface area contributed by atoms with E-state index in [0.29, 0.717) is 10.8 Å². The predicted molar refractivity (Wildman–Crippen MR) is 62.9 cm³/mol. The molecule has 0 saturated heterocycles. The molecule has 0 heterocycles. The summed E-state index contributed by atoms with van der Waals surface area (Å²) in [5, 5.41) is 0.509. The third-order valence-electron chi connectivity index (χ3n) is 1.94. The van der Waals surface area contributed by atoms with Crippen molar-refractivity contribution < 1.29 is 14.3 Å². The van der Waals surface area contributed by atoms with Crippen LogP contribution in [0.5, 0.6) is 5.75 Å². The van der Waals surface area contributed by atoms with Gasteiger partial charge in [0.25, 0.3) is 0 Å². The molecule has 0 aromatic heterocycles. The van der Waals surface area contributed by atoms with Gasteiger partial charge in [0.15, 0.2) is 0 Å². The summed E-state index contributed by atoms with van der Waals surface area (Å²) in [6, 6.07) is 5.29. The van der Waals surface area contributed by atoms with Crippen LogP contribution in [-0.2, 0) is 16.0 Å². The van der Waals surface area contributed by atoms with Gasteiger partial charge in [-0.1, -0.05) is 17.7 Å². The first-order valence-corrected chi connectivity index (χ1v) is 5.42. The summed E-state index contributed by atoms with van der Waals surface area (Å²) < 4.78 is 10.1. The summed E-state index contributed by atoms with van der Waals surface area (Å²) >= 11 is 6.02. The van der Waals surface area contributed by atoms with E-state index in [1.54, 1.807) is 18.2 Å². The van der Waals surface area contributed by atoms with Crippen molar-refractivity contribution in [2.45, 2.75) is 26.4 Å². The van der Waals surface area contributed by atoms with E-state index in [1.807, 2.05) is 13.8 Å². The summed E-state index contributed by atoms with van der Waals surface area (Å²) in [6.45, 7) is 3.86. The highest BCUT2D eigenvalue weighted by Crippen LogP contribution is 2.26. The van der Waals surface area contributed by atoms with E-state index in [2.05, 4.69) is 4.74 Å². The minimum absolute atomic E-state index is 0.0731. The van der Waals surface area contributed by atoms with E-state index in [-0.39, 0.29) is 18.5 Å². The summed E-state index contributed by atoms with van der Waals surface area (Å²) in [6.07, 6.45) is 0.294. The van der Waals surface area contributed by atoms with Crippen molar-refractivity contribution in [3.63, 3.8) is 0 Å². The Labute approximate surface area is 100 Å². The van der Waals surface area contributed by atoms with Gasteiger partial charge in [0.2, 0.25) is 0 Å². The molecule has 0 unspecified atom stereocenters. The van der Waals surface area contributed by atoms with Crippen molar-refractivity contribution >= 4 is 17.6 Å². The second-order valence-corrected chi connectivity index (χ2v) is 4.09. The van der Waals surface area contributed by atoms with Crippen molar-refractivity contribution in [3.05, 3.63) is 28.8 Å². The third-order valence-corrected chi connectivity index (χ3v) is 2.23. The molecular formula is C12H15ClO3. The van der Waals surface area contributed by atoms with Gasteiger partial charge in [-0.15, -0.1) is 0 Å². The van der Waals surface area contributed by atoms with Crippen LogP contribution < -0.4 is 4.74 Å². The predicted octanol–water partition coefficient (Wildman–Crippen LogP) is 2.84. The highest BCUT2D eigenvalue weighted by Gasteiger charge is 2.08. The standard InChI is InChI=1S/C12H15ClO3/c1-8(2)16-11-5-4-9(6-10(11)13)7-12(14)15-3/h4-6,8H,7H2,1-3H3. The first kappa shape index (κ1) is 12.8. The summed E-state index contributed by atoms with van der Waals surface area (Å²) in [7, 11) is 1.36. The zero-order chi connectivity index (χ0) is 12.1. The number of carbonyl (C=O) groups is 1. The lowest BCUT2D eigenvalue weighted by Crippen LogP contribution is -2.07. The van der Waals surface area contributed by atoms with Gasteiger partial charge in [0.05, 0.1) is 24.7 Å². The third kappa shape index (κ3) is 3.74. The van der Waals surface area contributed by atoms with E-state index in [1.165, 1.54) is 7.11 Å². The average Bonchev–Trinajstić information content (AvgIpc) is 2.21. The van der Waals surface area contributed by atoms with Gasteiger partial charge in [-0.25, -0.2) is 0 Å². The van der Waals surface area contributed by atoms with Crippen LogP contribution in [0.2, 0.25) is 5.02 Å². The number of hydrogen-bond acceptors (Lipinski definition) is 3. The van der Waals surface area contributed by atoms with Crippen LogP contribution in [0, 0.1) is 0 Å². The minimum atomic E-state index is -0.284. The number of ether oxygens (including phenoxy) is 2. The molecule has 0 aliphatic carbocycles. The second-order valence-electron chi connectivity index (χ2n) is 3.68. The zero-order valence-electron chi connectivity index (χ0n) is 9.62. The molecule has 0 atom stereocenters. The van der Waals surface area contributed by atoms with Crippen molar-refractivity contribution in [2.24, 2.45) is 0 Å². The van der Waals surface area contributed by atoms with Gasteiger partial charge in [0, 0.05) is 0 Å². The Kier molecular flexibility index (Phi) is 4.62. The van der Waals surface area contributed by atoms with Crippen LogP contribution >= 0.6 is 11.6 Å². The lowest BCUT2D eigenvalue weighted by atomic mass is 10.1. The molecule has 4 heteroatoms. The van der Waals surface area contributed by atoms with Crippen molar-refractivity contribution in [3.8, 4) is 5.75 Å². The Morgan fingerprint density at radius 3 is 2.62 bits per heavy atom. The molecule has 1 aromatic carbocycles. The molecule has 16 heavy (non-hydrogen) atoms. The van der Waals surface area contributed by atoms with Crippen molar-refractivity contribution in [1.82, 2.24) is 0 Å². The summed E-state index contributed by atoms with van der Waals surface area (Å²) in [4.78, 5) is 11.1. The molecule has 0 aliphatic rings. The van der Waals surface area contributed by atoms with Crippen LogP contribution in [0.15, 0.2) is 18.2 Å². The highest BCUT2D eigenvalue weighted by molar-refractivity contribution is 6.32. The van der Waals surface area contributed by atoms with E-state index < -0.39 is 0 Å². The first-order valence-electron chi connectivity index (χ1n) is 5.05. The smallest absolute Gasteiger partial charge is 0.309 e. The number of methoxy groups -OCH3 is 1. The normalized spacial score (nSPS) is 10.3. The Morgan fingerprint density at radius 2 is 2.12 bits per heavy atom. The maximum atomic E-state index is 11.1. The van der Waals surface area contributed by atoms with Crippen LogP contribution in [0.1, 0.15) is 19.4 Å². The van der Waals surface area contributed by atoms with E-state index >= 15 is 0 Å². The molecule has 0 spiro atoms. The molecule has 1 aromatic rings. The minimum Gasteiger partial charge on any atom is -0.489 e. The summed E-state index contributed by atoms with van der Waals surface area (Å²) in [5.41, 5.74) is 0.813. The molecule has 0 N–H and O–H groups in total. The lowest BCUT2D eigenvalue weighted by molar-refractivity contribution is -0.139. The van der Waals surface area contributed by atoms with Crippen molar-refractivity contribution in [1.29, 1.82) is 0 Å². The van der Waals surface area contributed by atoms with Crippen LogP contribution in [0.4, 0.5) is 0 Å². The molecule has 0 radical (unpaired) electrons. The maximum Gasteiger partial charge on any atom is 0.309 e. The number of halogens is 1. The van der Waals surface area contributed by atoms with E-state index in [9.17, 15) is 4.79 Å².